The summed E-state index contributed by atoms with van der Waals surface area (Å²) in [6.45, 7) is 0. The summed E-state index contributed by atoms with van der Waals surface area (Å²) in [6, 6.07) is 72.4. The monoisotopic (exact) mass is 1470 g/mol. The Kier molecular flexibility index (Phi) is 20.1. The number of rotatable bonds is 6. The number of hydrogen-bond acceptors (Lipinski definition) is 16. The number of carbonyl (C=O) groups excluding carboxylic acids is 2. The Hall–Kier alpha value is -12.8. The first-order valence-electron chi connectivity index (χ1n) is 31.2. The molecule has 0 spiro atoms. The van der Waals surface area contributed by atoms with Crippen LogP contribution in [0, 0.1) is 0 Å². The minimum absolute atomic E-state index is 0. The van der Waals surface area contributed by atoms with Crippen molar-refractivity contribution in [1.29, 1.82) is 0 Å². The van der Waals surface area contributed by atoms with Crippen LogP contribution in [0.5, 0.6) is 0 Å². The molecule has 0 atom stereocenters. The van der Waals surface area contributed by atoms with E-state index in [1.807, 2.05) is 206 Å². The molecule has 0 saturated heterocycles. The fourth-order valence-corrected chi connectivity index (χ4v) is 11.7. The minimum Gasteiger partial charge on any atom is -0.337 e. The molecule has 0 aliphatic heterocycles. The second kappa shape index (κ2) is 30.5. The van der Waals surface area contributed by atoms with Crippen LogP contribution in [-0.2, 0) is 39.0 Å². The number of aromatic nitrogens is 16. The smallest absolute Gasteiger partial charge is 0.337 e. The van der Waals surface area contributed by atoms with E-state index in [1.165, 1.54) is 0 Å². The molecule has 100 heavy (non-hydrogen) atoms. The van der Waals surface area contributed by atoms with E-state index in [-0.39, 0.29) is 50.5 Å². The first-order chi connectivity index (χ1) is 48.5. The van der Waals surface area contributed by atoms with Gasteiger partial charge in [-0.05, 0) is 146 Å². The second-order valence-corrected chi connectivity index (χ2v) is 22.1. The van der Waals surface area contributed by atoms with Crippen molar-refractivity contribution >= 4 is 77.2 Å². The van der Waals surface area contributed by atoms with Crippen molar-refractivity contribution in [2.75, 3.05) is 0 Å². The Balaban J connectivity index is 0.000000143. The maximum Gasteiger partial charge on any atom is 2.00 e. The maximum atomic E-state index is 14.5. The van der Waals surface area contributed by atoms with Crippen molar-refractivity contribution < 1.29 is 48.5 Å². The Labute approximate surface area is 596 Å². The molecule has 0 saturated carbocycles. The molecule has 0 amide bonds. The molecule has 0 fully saturated rings. The van der Waals surface area contributed by atoms with E-state index in [0.717, 1.165) is 100 Å². The van der Waals surface area contributed by atoms with Crippen molar-refractivity contribution in [3.63, 3.8) is 0 Å². The standard InChI is InChI=1S/C40H20N8O2.4C10H8N2.2Ru/c49-37-19-7-1-9-21(39-45-33-23-11-3-15-41-29(23)30-24(34(33)46-39)12-4-16-42-30)27(19)38(50)20-8-2-10-22(28(20)37)40-47-35-25-13-5-17-43-31(25)32-26(36(35)48-40)14-6-18-44-32;4*1-3-7-11-9(5-1)10-6-2-4-8-12-10;;/h1-18H,(H,45,46)(H,47,48);4*1-8H;;/q;;;;;2*+2. The Bertz CT molecular complexity index is 5050. The van der Waals surface area contributed by atoms with Crippen LogP contribution in [0.2, 0.25) is 0 Å². The summed E-state index contributed by atoms with van der Waals surface area (Å²) in [6.07, 6.45) is 21.1. The number of nitrogens with one attached hydrogen (secondary N) is 2. The summed E-state index contributed by atoms with van der Waals surface area (Å²) in [5, 5.41) is 3.42. The van der Waals surface area contributed by atoms with E-state index >= 15 is 0 Å². The topological polar surface area (TPSA) is 246 Å². The summed E-state index contributed by atoms with van der Waals surface area (Å²) >= 11 is 0. The zero-order valence-electron chi connectivity index (χ0n) is 52.7. The van der Waals surface area contributed by atoms with E-state index in [0.29, 0.717) is 56.1 Å². The normalized spacial score (nSPS) is 11.1. The molecular weight excluding hydrogens is 1420 g/mol. The van der Waals surface area contributed by atoms with Gasteiger partial charge in [-0.3, -0.25) is 69.4 Å². The summed E-state index contributed by atoms with van der Waals surface area (Å²) < 4.78 is 0. The zero-order chi connectivity index (χ0) is 66.0. The minimum atomic E-state index is -0.258. The Morgan fingerprint density at radius 3 is 0.690 bits per heavy atom. The number of ketones is 2. The molecule has 1 aliphatic carbocycles. The van der Waals surface area contributed by atoms with Crippen LogP contribution in [0.3, 0.4) is 0 Å². The molecule has 14 aromatic heterocycles. The van der Waals surface area contributed by atoms with Gasteiger partial charge in [0.2, 0.25) is 0 Å². The SMILES string of the molecule is O=C1c2cccc(-c3nc4c5cccnc5c5ncccc5c4[nH]3)c2C(=O)c2cccc(-c3nc4c5cccnc5c5ncccc5c4[nH]3)c21.[Ru+2].[Ru+2].c1ccc(-c2ccccn2)nc1.c1ccc(-c2ccccn2)nc1.c1ccc(-c2ccccn2)nc1.c1ccc(-c2ccccn2)nc1. The average Bonchev–Trinajstić information content (AvgIpc) is 1.40. The van der Waals surface area contributed by atoms with Gasteiger partial charge in [-0.2, -0.15) is 0 Å². The molecule has 0 bridgehead atoms. The molecule has 0 radical (unpaired) electrons. The van der Waals surface area contributed by atoms with Crippen LogP contribution in [0.4, 0.5) is 0 Å². The number of carbonyl (C=O) groups is 2. The molecular formula is C80H52N16O2Ru2+4. The first-order valence-corrected chi connectivity index (χ1v) is 31.2. The number of fused-ring (bicyclic) bond motifs is 14. The summed E-state index contributed by atoms with van der Waals surface area (Å²) in [5.74, 6) is 0.451. The molecule has 18 aromatic rings. The van der Waals surface area contributed by atoms with Gasteiger partial charge >= 0.3 is 39.0 Å². The fraction of sp³-hybridized carbons (Fsp3) is 0. The number of H-pyrrole nitrogens is 2. The van der Waals surface area contributed by atoms with Crippen molar-refractivity contribution in [2.45, 2.75) is 0 Å². The Morgan fingerprint density at radius 2 is 0.440 bits per heavy atom. The fourth-order valence-electron chi connectivity index (χ4n) is 11.7. The third kappa shape index (κ3) is 13.6. The molecule has 18 nitrogen and oxygen atoms in total. The molecule has 4 aromatic carbocycles. The van der Waals surface area contributed by atoms with Gasteiger partial charge in [0.25, 0.3) is 0 Å². The third-order valence-corrected chi connectivity index (χ3v) is 16.1. The number of nitrogens with zero attached hydrogens (tertiary/aromatic N) is 14. The molecule has 19 rings (SSSR count). The van der Waals surface area contributed by atoms with Gasteiger partial charge in [0.15, 0.2) is 11.6 Å². The van der Waals surface area contributed by atoms with Crippen molar-refractivity contribution in [3.05, 3.63) is 327 Å². The van der Waals surface area contributed by atoms with Crippen molar-refractivity contribution in [3.8, 4) is 68.3 Å². The summed E-state index contributed by atoms with van der Waals surface area (Å²) in [4.78, 5) is 98.0. The number of benzene rings is 4. The number of hydrogen-bond donors (Lipinski definition) is 2. The van der Waals surface area contributed by atoms with Gasteiger partial charge < -0.3 is 9.97 Å². The van der Waals surface area contributed by atoms with Gasteiger partial charge in [-0.15, -0.1) is 0 Å². The van der Waals surface area contributed by atoms with Gasteiger partial charge in [-0.25, -0.2) is 9.97 Å². The van der Waals surface area contributed by atoms with Gasteiger partial charge in [-0.1, -0.05) is 84.9 Å². The van der Waals surface area contributed by atoms with Crippen LogP contribution in [0.1, 0.15) is 31.8 Å². The number of aromatic amines is 2. The number of pyridine rings is 12. The molecule has 2 N–H and O–H groups in total. The maximum absolute atomic E-state index is 14.5. The van der Waals surface area contributed by atoms with E-state index in [2.05, 4.69) is 69.8 Å². The van der Waals surface area contributed by atoms with Crippen molar-refractivity contribution in [2.24, 2.45) is 0 Å². The second-order valence-electron chi connectivity index (χ2n) is 22.1. The average molecular weight is 1470 g/mol. The van der Waals surface area contributed by atoms with Gasteiger partial charge in [0, 0.05) is 129 Å². The Morgan fingerprint density at radius 1 is 0.210 bits per heavy atom. The quantitative estimate of drug-likeness (QED) is 0.116. The van der Waals surface area contributed by atoms with Crippen LogP contribution in [-0.4, -0.2) is 91.3 Å². The van der Waals surface area contributed by atoms with E-state index < -0.39 is 0 Å². The van der Waals surface area contributed by atoms with Crippen LogP contribution < -0.4 is 0 Å². The van der Waals surface area contributed by atoms with Crippen molar-refractivity contribution in [1.82, 2.24) is 79.7 Å². The molecule has 14 heterocycles. The molecule has 476 valence electrons. The molecule has 20 heteroatoms. The zero-order valence-corrected chi connectivity index (χ0v) is 56.1. The summed E-state index contributed by atoms with van der Waals surface area (Å²) in [5.41, 5.74) is 15.7. The largest absolute Gasteiger partial charge is 2.00 e. The number of imidazole rings is 2. The van der Waals surface area contributed by atoms with Crippen LogP contribution in [0.15, 0.2) is 305 Å². The van der Waals surface area contributed by atoms with Crippen LogP contribution >= 0.6 is 0 Å². The first kappa shape index (κ1) is 65.9. The summed E-state index contributed by atoms with van der Waals surface area (Å²) in [7, 11) is 0. The van der Waals surface area contributed by atoms with E-state index in [1.54, 1.807) is 98.6 Å². The third-order valence-electron chi connectivity index (χ3n) is 16.1. The molecule has 1 aliphatic rings. The van der Waals surface area contributed by atoms with Gasteiger partial charge in [0.05, 0.1) is 89.7 Å². The predicted molar refractivity (Wildman–Crippen MR) is 381 cm³/mol. The molecule has 0 unspecified atom stereocenters. The van der Waals surface area contributed by atoms with Crippen LogP contribution in [0.25, 0.3) is 134 Å². The van der Waals surface area contributed by atoms with Gasteiger partial charge in [0.1, 0.15) is 11.6 Å². The predicted octanol–water partition coefficient (Wildman–Crippen LogP) is 16.3. The van der Waals surface area contributed by atoms with E-state index in [4.69, 9.17) is 9.97 Å². The van der Waals surface area contributed by atoms with E-state index in [9.17, 15) is 9.59 Å².